The average Bonchev–Trinajstić information content (AvgIpc) is 3.14. The van der Waals surface area contributed by atoms with Gasteiger partial charge in [-0.3, -0.25) is 0 Å². The molecule has 0 fully saturated rings. The van der Waals surface area contributed by atoms with Crippen LogP contribution in [0.2, 0.25) is 0 Å². The number of cyclic esters (lactones) is 1. The monoisotopic (exact) mass is 417 g/mol. The minimum atomic E-state index is -0.599. The van der Waals surface area contributed by atoms with Gasteiger partial charge in [0.15, 0.2) is 17.2 Å². The third kappa shape index (κ3) is 4.80. The van der Waals surface area contributed by atoms with E-state index in [1.54, 1.807) is 37.5 Å². The van der Waals surface area contributed by atoms with E-state index in [4.69, 9.17) is 14.2 Å². The van der Waals surface area contributed by atoms with E-state index in [0.29, 0.717) is 29.2 Å². The number of ether oxygens (including phenoxy) is 3. The van der Waals surface area contributed by atoms with Crippen molar-refractivity contribution in [2.45, 2.75) is 13.5 Å². The van der Waals surface area contributed by atoms with Gasteiger partial charge in [-0.05, 0) is 54.5 Å². The molecular formula is C25H20FNO4. The second kappa shape index (κ2) is 8.83. The molecule has 0 aromatic heterocycles. The number of carbonyl (C=O) groups excluding carboxylic acids is 1. The van der Waals surface area contributed by atoms with Crippen LogP contribution >= 0.6 is 0 Å². The highest BCUT2D eigenvalue weighted by molar-refractivity contribution is 6.12. The Balaban J connectivity index is 1.53. The van der Waals surface area contributed by atoms with Gasteiger partial charge in [0.05, 0.1) is 7.11 Å². The fourth-order valence-electron chi connectivity index (χ4n) is 3.05. The highest BCUT2D eigenvalue weighted by Gasteiger charge is 2.24. The number of hydrogen-bond donors (Lipinski definition) is 0. The Bertz CT molecular complexity index is 1180. The Kier molecular flexibility index (Phi) is 5.80. The molecule has 0 amide bonds. The molecule has 3 aromatic carbocycles. The lowest BCUT2D eigenvalue weighted by Crippen LogP contribution is -2.05. The number of nitrogens with zero attached hydrogens (tertiary/aromatic N) is 1. The number of carbonyl (C=O) groups is 1. The largest absolute Gasteiger partial charge is 0.493 e. The standard InChI is InChI=1S/C25H20FNO4/c1-16-6-8-17(9-7-16)15-30-22-11-10-18(13-23(22)29-2)12-21-25(28)31-24(27-21)19-4-3-5-20(26)14-19/h3-14H,15H2,1-2H3/b21-12+. The zero-order valence-corrected chi connectivity index (χ0v) is 17.1. The third-order valence-electron chi connectivity index (χ3n) is 4.70. The predicted octanol–water partition coefficient (Wildman–Crippen LogP) is 5.07. The number of halogens is 1. The maximum Gasteiger partial charge on any atom is 0.363 e. The van der Waals surface area contributed by atoms with Gasteiger partial charge in [-0.1, -0.05) is 42.0 Å². The molecule has 0 bridgehead atoms. The molecule has 1 aliphatic rings. The molecule has 6 heteroatoms. The van der Waals surface area contributed by atoms with E-state index in [-0.39, 0.29) is 11.6 Å². The zero-order valence-electron chi connectivity index (χ0n) is 17.1. The van der Waals surface area contributed by atoms with Gasteiger partial charge in [-0.2, -0.15) is 0 Å². The summed E-state index contributed by atoms with van der Waals surface area (Å²) in [5, 5.41) is 0. The van der Waals surface area contributed by atoms with E-state index in [0.717, 1.165) is 5.56 Å². The van der Waals surface area contributed by atoms with Gasteiger partial charge in [0.1, 0.15) is 12.4 Å². The van der Waals surface area contributed by atoms with Crippen molar-refractivity contribution < 1.29 is 23.4 Å². The van der Waals surface area contributed by atoms with Gasteiger partial charge in [0, 0.05) is 5.56 Å². The number of esters is 1. The molecule has 0 unspecified atom stereocenters. The van der Waals surface area contributed by atoms with Crippen molar-refractivity contribution in [1.29, 1.82) is 0 Å². The average molecular weight is 417 g/mol. The lowest BCUT2D eigenvalue weighted by molar-refractivity contribution is -0.129. The first-order valence-electron chi connectivity index (χ1n) is 9.67. The molecule has 31 heavy (non-hydrogen) atoms. The molecule has 0 atom stereocenters. The van der Waals surface area contributed by atoms with Crippen LogP contribution in [0.4, 0.5) is 4.39 Å². The number of benzene rings is 3. The van der Waals surface area contributed by atoms with Gasteiger partial charge in [-0.15, -0.1) is 0 Å². The van der Waals surface area contributed by atoms with Crippen molar-refractivity contribution in [2.24, 2.45) is 4.99 Å². The molecule has 0 radical (unpaired) electrons. The number of rotatable bonds is 6. The topological polar surface area (TPSA) is 57.1 Å². The Labute approximate surface area is 179 Å². The summed E-state index contributed by atoms with van der Waals surface area (Å²) in [6.07, 6.45) is 1.58. The molecular weight excluding hydrogens is 397 g/mol. The summed E-state index contributed by atoms with van der Waals surface area (Å²) < 4.78 is 29.9. The lowest BCUT2D eigenvalue weighted by atomic mass is 10.1. The van der Waals surface area contributed by atoms with Gasteiger partial charge in [0.2, 0.25) is 5.90 Å². The van der Waals surface area contributed by atoms with Crippen LogP contribution in [0, 0.1) is 12.7 Å². The second-order valence-electron chi connectivity index (χ2n) is 7.03. The van der Waals surface area contributed by atoms with E-state index in [1.165, 1.54) is 23.8 Å². The van der Waals surface area contributed by atoms with Gasteiger partial charge < -0.3 is 14.2 Å². The smallest absolute Gasteiger partial charge is 0.363 e. The van der Waals surface area contributed by atoms with E-state index in [2.05, 4.69) is 4.99 Å². The molecule has 3 aromatic rings. The van der Waals surface area contributed by atoms with Crippen molar-refractivity contribution >= 4 is 17.9 Å². The second-order valence-corrected chi connectivity index (χ2v) is 7.03. The molecule has 4 rings (SSSR count). The predicted molar refractivity (Wildman–Crippen MR) is 116 cm³/mol. The van der Waals surface area contributed by atoms with E-state index in [9.17, 15) is 9.18 Å². The number of hydrogen-bond acceptors (Lipinski definition) is 5. The molecule has 0 saturated carbocycles. The molecule has 0 saturated heterocycles. The Morgan fingerprint density at radius 3 is 2.58 bits per heavy atom. The molecule has 156 valence electrons. The van der Waals surface area contributed by atoms with Crippen LogP contribution in [0.1, 0.15) is 22.3 Å². The Hall–Kier alpha value is -3.93. The van der Waals surface area contributed by atoms with Crippen molar-refractivity contribution in [3.8, 4) is 11.5 Å². The molecule has 1 aliphatic heterocycles. The van der Waals surface area contributed by atoms with Gasteiger partial charge >= 0.3 is 5.97 Å². The number of methoxy groups -OCH3 is 1. The van der Waals surface area contributed by atoms with Crippen molar-refractivity contribution in [3.63, 3.8) is 0 Å². The first kappa shape index (κ1) is 20.3. The molecule has 0 aliphatic carbocycles. The maximum absolute atomic E-state index is 13.4. The van der Waals surface area contributed by atoms with Crippen LogP contribution < -0.4 is 9.47 Å². The van der Waals surface area contributed by atoms with Crippen LogP contribution in [0.25, 0.3) is 6.08 Å². The Morgan fingerprint density at radius 1 is 1.03 bits per heavy atom. The van der Waals surface area contributed by atoms with Gasteiger partial charge in [0.25, 0.3) is 0 Å². The SMILES string of the molecule is COc1cc(/C=C2/N=C(c3cccc(F)c3)OC2=O)ccc1OCc1ccc(C)cc1. The van der Waals surface area contributed by atoms with E-state index in [1.807, 2.05) is 31.2 Å². The fourth-order valence-corrected chi connectivity index (χ4v) is 3.05. The van der Waals surface area contributed by atoms with Crippen LogP contribution in [-0.4, -0.2) is 19.0 Å². The quantitative estimate of drug-likeness (QED) is 0.415. The third-order valence-corrected chi connectivity index (χ3v) is 4.70. The van der Waals surface area contributed by atoms with Crippen LogP contribution in [0.3, 0.4) is 0 Å². The normalized spacial score (nSPS) is 14.4. The molecule has 0 N–H and O–H groups in total. The minimum Gasteiger partial charge on any atom is -0.493 e. The summed E-state index contributed by atoms with van der Waals surface area (Å²) in [7, 11) is 1.55. The van der Waals surface area contributed by atoms with Crippen molar-refractivity contribution in [3.05, 3.63) is 100 Å². The van der Waals surface area contributed by atoms with E-state index >= 15 is 0 Å². The van der Waals surface area contributed by atoms with Crippen LogP contribution in [0.15, 0.2) is 77.4 Å². The highest BCUT2D eigenvalue weighted by atomic mass is 19.1. The summed E-state index contributed by atoms with van der Waals surface area (Å²) in [5.74, 6) is 0.156. The summed E-state index contributed by atoms with van der Waals surface area (Å²) in [4.78, 5) is 16.4. The summed E-state index contributed by atoms with van der Waals surface area (Å²) in [5.41, 5.74) is 3.44. The number of aliphatic imine (C=N–C) groups is 1. The van der Waals surface area contributed by atoms with Crippen LogP contribution in [0.5, 0.6) is 11.5 Å². The molecule has 0 spiro atoms. The highest BCUT2D eigenvalue weighted by Crippen LogP contribution is 2.30. The van der Waals surface area contributed by atoms with Crippen molar-refractivity contribution in [2.75, 3.05) is 7.11 Å². The first-order valence-corrected chi connectivity index (χ1v) is 9.67. The van der Waals surface area contributed by atoms with Crippen molar-refractivity contribution in [1.82, 2.24) is 0 Å². The fraction of sp³-hybridized carbons (Fsp3) is 0.120. The minimum absolute atomic E-state index is 0.0702. The van der Waals surface area contributed by atoms with E-state index < -0.39 is 11.8 Å². The number of aryl methyl sites for hydroxylation is 1. The summed E-state index contributed by atoms with van der Waals surface area (Å²) >= 11 is 0. The summed E-state index contributed by atoms with van der Waals surface area (Å²) in [6.45, 7) is 2.44. The molecule has 5 nitrogen and oxygen atoms in total. The van der Waals surface area contributed by atoms with Crippen LogP contribution in [-0.2, 0) is 16.1 Å². The van der Waals surface area contributed by atoms with Gasteiger partial charge in [-0.25, -0.2) is 14.2 Å². The maximum atomic E-state index is 13.4. The Morgan fingerprint density at radius 2 is 1.84 bits per heavy atom. The zero-order chi connectivity index (χ0) is 21.8. The summed E-state index contributed by atoms with van der Waals surface area (Å²) in [6, 6.07) is 19.1. The lowest BCUT2D eigenvalue weighted by Gasteiger charge is -2.11. The first-order chi connectivity index (χ1) is 15.0. The molecule has 1 heterocycles.